The van der Waals surface area contributed by atoms with Crippen molar-refractivity contribution in [3.63, 3.8) is 0 Å². The molecular weight excluding hydrogens is 248 g/mol. The minimum Gasteiger partial charge on any atom is -0.480 e. The monoisotopic (exact) mass is 264 g/mol. The largest absolute Gasteiger partial charge is 0.480 e. The van der Waals surface area contributed by atoms with Crippen molar-refractivity contribution >= 4 is 11.7 Å². The lowest BCUT2D eigenvalue weighted by molar-refractivity contribution is -0.385. The van der Waals surface area contributed by atoms with Crippen molar-refractivity contribution in [3.8, 4) is 0 Å². The Morgan fingerprint density at radius 2 is 2.21 bits per heavy atom. The number of rotatable bonds is 5. The molecule has 0 amide bonds. The molecule has 0 spiro atoms. The summed E-state index contributed by atoms with van der Waals surface area (Å²) in [5.41, 5.74) is 0.761. The molecule has 1 aromatic carbocycles. The van der Waals surface area contributed by atoms with E-state index in [1.165, 1.54) is 6.07 Å². The van der Waals surface area contributed by atoms with Crippen molar-refractivity contribution in [3.05, 3.63) is 39.9 Å². The predicted octanol–water partition coefficient (Wildman–Crippen LogP) is 1.69. The number of carbonyl (C=O) groups is 1. The van der Waals surface area contributed by atoms with E-state index in [-0.39, 0.29) is 5.69 Å². The molecule has 1 unspecified atom stereocenters. The summed E-state index contributed by atoms with van der Waals surface area (Å²) in [4.78, 5) is 23.4. The van der Waals surface area contributed by atoms with Gasteiger partial charge in [-0.1, -0.05) is 18.2 Å². The number of nitro benzene ring substituents is 1. The molecule has 0 radical (unpaired) electrons. The first kappa shape index (κ1) is 13.5. The molecule has 1 aromatic rings. The lowest BCUT2D eigenvalue weighted by Gasteiger charge is -2.20. The molecule has 1 saturated heterocycles. The Bertz CT molecular complexity index is 489. The van der Waals surface area contributed by atoms with E-state index in [0.29, 0.717) is 24.9 Å². The van der Waals surface area contributed by atoms with Crippen LogP contribution < -0.4 is 0 Å². The van der Waals surface area contributed by atoms with Crippen LogP contribution in [0.4, 0.5) is 5.69 Å². The van der Waals surface area contributed by atoms with Gasteiger partial charge in [0.2, 0.25) is 0 Å². The topological polar surface area (TPSA) is 83.7 Å². The molecule has 0 saturated carbocycles. The molecule has 0 aromatic heterocycles. The first-order valence-corrected chi connectivity index (χ1v) is 6.28. The fourth-order valence-corrected chi connectivity index (χ4v) is 2.54. The van der Waals surface area contributed by atoms with E-state index in [1.807, 2.05) is 4.90 Å². The van der Waals surface area contributed by atoms with Crippen molar-refractivity contribution < 1.29 is 14.8 Å². The van der Waals surface area contributed by atoms with E-state index >= 15 is 0 Å². The minimum absolute atomic E-state index is 0.105. The van der Waals surface area contributed by atoms with Crippen molar-refractivity contribution in [1.82, 2.24) is 4.90 Å². The molecule has 6 nitrogen and oxygen atoms in total. The van der Waals surface area contributed by atoms with Crippen LogP contribution in [0.5, 0.6) is 0 Å². The summed E-state index contributed by atoms with van der Waals surface area (Å²) in [6.07, 6.45) is 2.03. The molecule has 102 valence electrons. The number of benzene rings is 1. The molecule has 1 heterocycles. The van der Waals surface area contributed by atoms with E-state index in [1.54, 1.807) is 18.2 Å². The SMILES string of the molecule is O=C(O)C1CCCN1CCc1ccccc1[N+](=O)[O-]. The number of carboxylic acids is 1. The number of aliphatic carboxylic acids is 1. The van der Waals surface area contributed by atoms with Gasteiger partial charge in [0.1, 0.15) is 6.04 Å². The second-order valence-electron chi connectivity index (χ2n) is 4.67. The second-order valence-corrected chi connectivity index (χ2v) is 4.67. The number of hydrogen-bond donors (Lipinski definition) is 1. The van der Waals surface area contributed by atoms with E-state index in [2.05, 4.69) is 0 Å². The summed E-state index contributed by atoms with van der Waals surface area (Å²) < 4.78 is 0. The summed E-state index contributed by atoms with van der Waals surface area (Å²) in [5.74, 6) is -0.805. The molecule has 1 aliphatic rings. The zero-order valence-electron chi connectivity index (χ0n) is 10.5. The first-order valence-electron chi connectivity index (χ1n) is 6.28. The van der Waals surface area contributed by atoms with Gasteiger partial charge in [0, 0.05) is 18.2 Å². The van der Waals surface area contributed by atoms with Crippen LogP contribution in [-0.2, 0) is 11.2 Å². The van der Waals surface area contributed by atoms with Gasteiger partial charge in [0.25, 0.3) is 5.69 Å². The molecule has 1 fully saturated rings. The highest BCUT2D eigenvalue weighted by atomic mass is 16.6. The number of para-hydroxylation sites is 1. The summed E-state index contributed by atoms with van der Waals surface area (Å²) in [5, 5.41) is 20.0. The molecule has 19 heavy (non-hydrogen) atoms. The number of nitrogens with zero attached hydrogens (tertiary/aromatic N) is 2. The second kappa shape index (κ2) is 5.79. The number of likely N-dealkylation sites (tertiary alicyclic amines) is 1. The van der Waals surface area contributed by atoms with Gasteiger partial charge in [-0.2, -0.15) is 0 Å². The highest BCUT2D eigenvalue weighted by Gasteiger charge is 2.30. The van der Waals surface area contributed by atoms with Crippen LogP contribution in [0.25, 0.3) is 0 Å². The average Bonchev–Trinajstić information content (AvgIpc) is 2.85. The van der Waals surface area contributed by atoms with Gasteiger partial charge < -0.3 is 5.11 Å². The maximum Gasteiger partial charge on any atom is 0.320 e. The van der Waals surface area contributed by atoms with Crippen molar-refractivity contribution in [1.29, 1.82) is 0 Å². The Balaban J connectivity index is 2.03. The highest BCUT2D eigenvalue weighted by Crippen LogP contribution is 2.21. The van der Waals surface area contributed by atoms with Crippen LogP contribution in [-0.4, -0.2) is 40.0 Å². The van der Waals surface area contributed by atoms with Gasteiger partial charge >= 0.3 is 5.97 Å². The maximum absolute atomic E-state index is 11.0. The third kappa shape index (κ3) is 3.08. The Morgan fingerprint density at radius 1 is 1.47 bits per heavy atom. The molecule has 1 N–H and O–H groups in total. The van der Waals surface area contributed by atoms with E-state index in [0.717, 1.165) is 13.0 Å². The zero-order chi connectivity index (χ0) is 13.8. The van der Waals surface area contributed by atoms with E-state index < -0.39 is 16.9 Å². The summed E-state index contributed by atoms with van der Waals surface area (Å²) in [6.45, 7) is 1.29. The van der Waals surface area contributed by atoms with Gasteiger partial charge in [-0.25, -0.2) is 0 Å². The minimum atomic E-state index is -0.805. The lowest BCUT2D eigenvalue weighted by atomic mass is 10.1. The Hall–Kier alpha value is -1.95. The summed E-state index contributed by atoms with van der Waals surface area (Å²) in [6, 6.07) is 6.17. The van der Waals surface area contributed by atoms with Gasteiger partial charge in [0.05, 0.1) is 4.92 Å². The van der Waals surface area contributed by atoms with Crippen molar-refractivity contribution in [2.45, 2.75) is 25.3 Å². The van der Waals surface area contributed by atoms with E-state index in [4.69, 9.17) is 5.11 Å². The Kier molecular flexibility index (Phi) is 4.11. The van der Waals surface area contributed by atoms with Crippen molar-refractivity contribution in [2.75, 3.05) is 13.1 Å². The van der Waals surface area contributed by atoms with Gasteiger partial charge in [-0.05, 0) is 25.8 Å². The van der Waals surface area contributed by atoms with Crippen LogP contribution >= 0.6 is 0 Å². The Morgan fingerprint density at radius 3 is 2.89 bits per heavy atom. The molecule has 1 atom stereocenters. The molecule has 6 heteroatoms. The molecule has 0 aliphatic carbocycles. The predicted molar refractivity (Wildman–Crippen MR) is 69.0 cm³/mol. The third-order valence-electron chi connectivity index (χ3n) is 3.51. The molecule has 0 bridgehead atoms. The van der Waals surface area contributed by atoms with Gasteiger partial charge in [-0.15, -0.1) is 0 Å². The first-order chi connectivity index (χ1) is 9.09. The van der Waals surface area contributed by atoms with E-state index in [9.17, 15) is 14.9 Å². The standard InChI is InChI=1S/C13H16N2O4/c16-13(17)12-6-3-8-14(12)9-7-10-4-1-2-5-11(10)15(18)19/h1-2,4-5,12H,3,6-9H2,(H,16,17). The smallest absolute Gasteiger partial charge is 0.320 e. The fraction of sp³-hybridized carbons (Fsp3) is 0.462. The van der Waals surface area contributed by atoms with Crippen LogP contribution in [0, 0.1) is 10.1 Å². The van der Waals surface area contributed by atoms with Crippen LogP contribution in [0.15, 0.2) is 24.3 Å². The highest BCUT2D eigenvalue weighted by molar-refractivity contribution is 5.73. The quantitative estimate of drug-likeness (QED) is 0.646. The Labute approximate surface area is 110 Å². The molecule has 2 rings (SSSR count). The molecule has 1 aliphatic heterocycles. The number of hydrogen-bond acceptors (Lipinski definition) is 4. The fourth-order valence-electron chi connectivity index (χ4n) is 2.54. The average molecular weight is 264 g/mol. The lowest BCUT2D eigenvalue weighted by Crippen LogP contribution is -2.37. The third-order valence-corrected chi connectivity index (χ3v) is 3.51. The summed E-state index contributed by atoms with van der Waals surface area (Å²) in [7, 11) is 0. The van der Waals surface area contributed by atoms with Crippen LogP contribution in [0.3, 0.4) is 0 Å². The van der Waals surface area contributed by atoms with Gasteiger partial charge in [-0.3, -0.25) is 19.8 Å². The van der Waals surface area contributed by atoms with Crippen LogP contribution in [0.1, 0.15) is 18.4 Å². The van der Waals surface area contributed by atoms with Crippen molar-refractivity contribution in [2.24, 2.45) is 0 Å². The molecular formula is C13H16N2O4. The van der Waals surface area contributed by atoms with Crippen LogP contribution in [0.2, 0.25) is 0 Å². The maximum atomic E-state index is 11.0. The van der Waals surface area contributed by atoms with Gasteiger partial charge in [0.15, 0.2) is 0 Å². The zero-order valence-corrected chi connectivity index (χ0v) is 10.5. The normalized spacial score (nSPS) is 19.5. The number of carboxylic acid groups (broad SMARTS) is 1. The number of nitro groups is 1. The summed E-state index contributed by atoms with van der Waals surface area (Å²) >= 11 is 0.